The fourth-order valence-corrected chi connectivity index (χ4v) is 3.26. The molecule has 1 saturated heterocycles. The molecule has 118 valence electrons. The van der Waals surface area contributed by atoms with Crippen molar-refractivity contribution in [2.75, 3.05) is 38.6 Å². The Hall–Kier alpha value is -1.81. The zero-order chi connectivity index (χ0) is 15.4. The van der Waals surface area contributed by atoms with E-state index >= 15 is 0 Å². The molecule has 1 aliphatic rings. The molecule has 0 radical (unpaired) electrons. The molecule has 2 aromatic rings. The number of anilines is 1. The van der Waals surface area contributed by atoms with Crippen molar-refractivity contribution in [3.8, 4) is 5.75 Å². The molecule has 1 aromatic carbocycles. The number of fused-ring (bicyclic) bond motifs is 1. The number of benzene rings is 1. The number of ether oxygens (including phenoxy) is 1. The van der Waals surface area contributed by atoms with Gasteiger partial charge in [0, 0.05) is 37.3 Å². The maximum atomic E-state index is 5.40. The van der Waals surface area contributed by atoms with Gasteiger partial charge in [0.15, 0.2) is 0 Å². The number of likely N-dealkylation sites (tertiary alicyclic amines) is 1. The lowest BCUT2D eigenvalue weighted by Gasteiger charge is -2.30. The average Bonchev–Trinajstić information content (AvgIpc) is 2.54. The molecule has 3 rings (SSSR count). The monoisotopic (exact) mass is 299 g/mol. The van der Waals surface area contributed by atoms with Gasteiger partial charge in [-0.2, -0.15) is 0 Å². The van der Waals surface area contributed by atoms with Crippen molar-refractivity contribution < 1.29 is 4.74 Å². The molecule has 1 unspecified atom stereocenters. The summed E-state index contributed by atoms with van der Waals surface area (Å²) in [5, 5.41) is 4.65. The van der Waals surface area contributed by atoms with E-state index in [0.717, 1.165) is 41.3 Å². The second kappa shape index (κ2) is 6.97. The standard InChI is InChI=1S/C18H25N3O/c1-14-5-4-9-21(13-14)10-8-19-17-12-16(22-2)11-15-6-3-7-20-18(15)17/h3,6-7,11-12,14,19H,4-5,8-10,13H2,1-2H3. The zero-order valence-corrected chi connectivity index (χ0v) is 13.5. The van der Waals surface area contributed by atoms with Crippen LogP contribution in [0.25, 0.3) is 10.9 Å². The number of piperidine rings is 1. The molecule has 1 N–H and O–H groups in total. The molecule has 0 aliphatic carbocycles. The molecule has 2 heterocycles. The molecule has 0 saturated carbocycles. The Kier molecular flexibility index (Phi) is 4.78. The minimum Gasteiger partial charge on any atom is -0.497 e. The van der Waals surface area contributed by atoms with E-state index in [2.05, 4.69) is 28.2 Å². The van der Waals surface area contributed by atoms with Crippen LogP contribution in [0.3, 0.4) is 0 Å². The number of aromatic nitrogens is 1. The fraction of sp³-hybridized carbons (Fsp3) is 0.500. The van der Waals surface area contributed by atoms with Crippen molar-refractivity contribution in [2.45, 2.75) is 19.8 Å². The quantitative estimate of drug-likeness (QED) is 0.918. The summed E-state index contributed by atoms with van der Waals surface area (Å²) in [5.41, 5.74) is 2.07. The third kappa shape index (κ3) is 3.50. The summed E-state index contributed by atoms with van der Waals surface area (Å²) >= 11 is 0. The van der Waals surface area contributed by atoms with Crippen LogP contribution in [0.4, 0.5) is 5.69 Å². The van der Waals surface area contributed by atoms with E-state index in [-0.39, 0.29) is 0 Å². The SMILES string of the molecule is COc1cc(NCCN2CCCC(C)C2)c2ncccc2c1. The van der Waals surface area contributed by atoms with Crippen LogP contribution in [0.1, 0.15) is 19.8 Å². The van der Waals surface area contributed by atoms with Crippen molar-refractivity contribution in [1.29, 1.82) is 0 Å². The predicted octanol–water partition coefficient (Wildman–Crippen LogP) is 3.39. The molecular formula is C18H25N3O. The predicted molar refractivity (Wildman–Crippen MR) is 91.6 cm³/mol. The molecule has 1 atom stereocenters. The van der Waals surface area contributed by atoms with Crippen molar-refractivity contribution >= 4 is 16.6 Å². The number of nitrogens with zero attached hydrogens (tertiary/aromatic N) is 2. The summed E-state index contributed by atoms with van der Waals surface area (Å²) in [4.78, 5) is 7.05. The molecule has 0 spiro atoms. The molecule has 1 fully saturated rings. The summed E-state index contributed by atoms with van der Waals surface area (Å²) < 4.78 is 5.40. The first-order chi connectivity index (χ1) is 10.8. The van der Waals surface area contributed by atoms with Gasteiger partial charge >= 0.3 is 0 Å². The summed E-state index contributed by atoms with van der Waals surface area (Å²) in [6.45, 7) is 6.81. The first-order valence-corrected chi connectivity index (χ1v) is 8.15. The van der Waals surface area contributed by atoms with E-state index in [9.17, 15) is 0 Å². The number of pyridine rings is 1. The van der Waals surface area contributed by atoms with Gasteiger partial charge in [-0.25, -0.2) is 0 Å². The number of nitrogens with one attached hydrogen (secondary N) is 1. The Morgan fingerprint density at radius 2 is 2.32 bits per heavy atom. The van der Waals surface area contributed by atoms with Crippen LogP contribution in [-0.4, -0.2) is 43.2 Å². The normalized spacial score (nSPS) is 19.3. The molecule has 1 aliphatic heterocycles. The summed E-state index contributed by atoms with van der Waals surface area (Å²) in [6, 6.07) is 8.09. The van der Waals surface area contributed by atoms with E-state index in [1.165, 1.54) is 25.9 Å². The van der Waals surface area contributed by atoms with Crippen LogP contribution in [-0.2, 0) is 0 Å². The number of rotatable bonds is 5. The first kappa shape index (κ1) is 15.1. The van der Waals surface area contributed by atoms with Crippen LogP contribution >= 0.6 is 0 Å². The van der Waals surface area contributed by atoms with Crippen LogP contribution in [0.5, 0.6) is 5.75 Å². The molecule has 4 heteroatoms. The lowest BCUT2D eigenvalue weighted by Crippen LogP contribution is -2.37. The van der Waals surface area contributed by atoms with Crippen LogP contribution in [0.15, 0.2) is 30.5 Å². The highest BCUT2D eigenvalue weighted by Crippen LogP contribution is 2.27. The van der Waals surface area contributed by atoms with Crippen molar-refractivity contribution in [3.05, 3.63) is 30.5 Å². The molecule has 0 bridgehead atoms. The molecule has 1 aromatic heterocycles. The highest BCUT2D eigenvalue weighted by Gasteiger charge is 2.15. The van der Waals surface area contributed by atoms with Gasteiger partial charge in [-0.15, -0.1) is 0 Å². The zero-order valence-electron chi connectivity index (χ0n) is 13.5. The Morgan fingerprint density at radius 1 is 1.41 bits per heavy atom. The second-order valence-corrected chi connectivity index (χ2v) is 6.22. The minimum absolute atomic E-state index is 0.827. The summed E-state index contributed by atoms with van der Waals surface area (Å²) in [5.74, 6) is 1.70. The highest BCUT2D eigenvalue weighted by molar-refractivity contribution is 5.91. The van der Waals surface area contributed by atoms with Gasteiger partial charge < -0.3 is 15.0 Å². The van der Waals surface area contributed by atoms with Gasteiger partial charge in [0.1, 0.15) is 5.75 Å². The van der Waals surface area contributed by atoms with Crippen LogP contribution in [0, 0.1) is 5.92 Å². The maximum absolute atomic E-state index is 5.40. The Morgan fingerprint density at radius 3 is 3.14 bits per heavy atom. The average molecular weight is 299 g/mol. The smallest absolute Gasteiger partial charge is 0.121 e. The van der Waals surface area contributed by atoms with E-state index < -0.39 is 0 Å². The third-order valence-electron chi connectivity index (χ3n) is 4.40. The molecule has 4 nitrogen and oxygen atoms in total. The first-order valence-electron chi connectivity index (χ1n) is 8.15. The number of hydrogen-bond acceptors (Lipinski definition) is 4. The highest BCUT2D eigenvalue weighted by atomic mass is 16.5. The maximum Gasteiger partial charge on any atom is 0.121 e. The molecule has 22 heavy (non-hydrogen) atoms. The summed E-state index contributed by atoms with van der Waals surface area (Å²) in [7, 11) is 1.70. The van der Waals surface area contributed by atoms with Gasteiger partial charge in [0.25, 0.3) is 0 Å². The van der Waals surface area contributed by atoms with Gasteiger partial charge in [0.05, 0.1) is 18.3 Å². The van der Waals surface area contributed by atoms with E-state index in [4.69, 9.17) is 4.74 Å². The molecule has 0 amide bonds. The van der Waals surface area contributed by atoms with E-state index in [0.29, 0.717) is 0 Å². The molecular weight excluding hydrogens is 274 g/mol. The van der Waals surface area contributed by atoms with Gasteiger partial charge in [-0.05, 0) is 37.4 Å². The lowest BCUT2D eigenvalue weighted by atomic mass is 10.0. The number of methoxy groups -OCH3 is 1. The van der Waals surface area contributed by atoms with Crippen molar-refractivity contribution in [2.24, 2.45) is 5.92 Å². The summed E-state index contributed by atoms with van der Waals surface area (Å²) in [6.07, 6.45) is 4.53. The largest absolute Gasteiger partial charge is 0.497 e. The van der Waals surface area contributed by atoms with E-state index in [1.807, 2.05) is 24.4 Å². The van der Waals surface area contributed by atoms with E-state index in [1.54, 1.807) is 7.11 Å². The van der Waals surface area contributed by atoms with Gasteiger partial charge in [-0.3, -0.25) is 4.98 Å². The van der Waals surface area contributed by atoms with Crippen LogP contribution in [0.2, 0.25) is 0 Å². The topological polar surface area (TPSA) is 37.4 Å². The van der Waals surface area contributed by atoms with Crippen molar-refractivity contribution in [3.63, 3.8) is 0 Å². The van der Waals surface area contributed by atoms with Gasteiger partial charge in [-0.1, -0.05) is 13.0 Å². The third-order valence-corrected chi connectivity index (χ3v) is 4.40. The second-order valence-electron chi connectivity index (χ2n) is 6.22. The van der Waals surface area contributed by atoms with Gasteiger partial charge in [0.2, 0.25) is 0 Å². The Labute approximate surface area is 132 Å². The van der Waals surface area contributed by atoms with Crippen LogP contribution < -0.4 is 10.1 Å². The van der Waals surface area contributed by atoms with Crippen molar-refractivity contribution in [1.82, 2.24) is 9.88 Å². The minimum atomic E-state index is 0.827. The fourth-order valence-electron chi connectivity index (χ4n) is 3.26. The Bertz CT molecular complexity index is 629. The number of hydrogen-bond donors (Lipinski definition) is 1. The lowest BCUT2D eigenvalue weighted by molar-refractivity contribution is 0.190. The Balaban J connectivity index is 1.68.